The van der Waals surface area contributed by atoms with E-state index in [0.717, 1.165) is 17.5 Å². The Kier molecular flexibility index (Phi) is 4.41. The maximum Gasteiger partial charge on any atom is 0.325 e. The summed E-state index contributed by atoms with van der Waals surface area (Å²) < 4.78 is 5.64. The number of urea groups is 1. The van der Waals surface area contributed by atoms with Gasteiger partial charge in [0.05, 0.1) is 13.2 Å². The minimum atomic E-state index is -0.988. The summed E-state index contributed by atoms with van der Waals surface area (Å²) in [5.74, 6) is 0.238. The van der Waals surface area contributed by atoms with Crippen LogP contribution in [0.25, 0.3) is 0 Å². The molecule has 1 heterocycles. The molecule has 1 aliphatic carbocycles. The van der Waals surface area contributed by atoms with Crippen molar-refractivity contribution in [1.29, 1.82) is 0 Å². The van der Waals surface area contributed by atoms with E-state index in [4.69, 9.17) is 4.74 Å². The summed E-state index contributed by atoms with van der Waals surface area (Å²) in [5.41, 5.74) is 2.13. The number of fused-ring (bicyclic) bond motifs is 2. The highest BCUT2D eigenvalue weighted by molar-refractivity contribution is 6.08. The van der Waals surface area contributed by atoms with Crippen LogP contribution in [0.5, 0.6) is 5.75 Å². The first kappa shape index (κ1) is 18.2. The van der Waals surface area contributed by atoms with E-state index in [9.17, 15) is 14.4 Å². The fourth-order valence-corrected chi connectivity index (χ4v) is 4.12. The van der Waals surface area contributed by atoms with Crippen molar-refractivity contribution >= 4 is 17.7 Å². The molecule has 0 bridgehead atoms. The Bertz CT molecular complexity index is 984. The van der Waals surface area contributed by atoms with Gasteiger partial charge in [-0.3, -0.25) is 14.5 Å². The highest BCUT2D eigenvalue weighted by Gasteiger charge is 2.55. The SMILES string of the molecule is CCOc1ccc(C(C)=O)cc1CN1C(=O)NC2(CCc3ccccc32)C1=O. The normalized spacial score (nSPS) is 20.4. The molecule has 0 radical (unpaired) electrons. The summed E-state index contributed by atoms with van der Waals surface area (Å²) in [6, 6.07) is 12.4. The third-order valence-corrected chi connectivity index (χ3v) is 5.52. The monoisotopic (exact) mass is 378 g/mol. The molecule has 1 aliphatic heterocycles. The largest absolute Gasteiger partial charge is 0.494 e. The second-order valence-corrected chi connectivity index (χ2v) is 7.20. The van der Waals surface area contributed by atoms with Gasteiger partial charge in [-0.2, -0.15) is 0 Å². The van der Waals surface area contributed by atoms with E-state index in [1.165, 1.54) is 11.8 Å². The number of benzene rings is 2. The van der Waals surface area contributed by atoms with Crippen molar-refractivity contribution in [3.63, 3.8) is 0 Å². The van der Waals surface area contributed by atoms with E-state index in [0.29, 0.717) is 29.9 Å². The van der Waals surface area contributed by atoms with Crippen molar-refractivity contribution in [3.8, 4) is 5.75 Å². The lowest BCUT2D eigenvalue weighted by molar-refractivity contribution is -0.132. The molecule has 4 rings (SSSR count). The van der Waals surface area contributed by atoms with E-state index in [1.54, 1.807) is 18.2 Å². The molecule has 1 saturated heterocycles. The predicted octanol–water partition coefficient (Wildman–Crippen LogP) is 3.18. The van der Waals surface area contributed by atoms with Gasteiger partial charge in [0.2, 0.25) is 0 Å². The van der Waals surface area contributed by atoms with E-state index in [-0.39, 0.29) is 18.2 Å². The fourth-order valence-electron chi connectivity index (χ4n) is 4.12. The zero-order valence-electron chi connectivity index (χ0n) is 16.0. The number of rotatable bonds is 5. The van der Waals surface area contributed by atoms with Crippen molar-refractivity contribution in [2.45, 2.75) is 38.8 Å². The molecule has 2 aromatic carbocycles. The molecule has 1 unspecified atom stereocenters. The van der Waals surface area contributed by atoms with Gasteiger partial charge in [-0.25, -0.2) is 4.79 Å². The van der Waals surface area contributed by atoms with Crippen LogP contribution in [0.15, 0.2) is 42.5 Å². The number of ketones is 1. The van der Waals surface area contributed by atoms with Crippen LogP contribution in [-0.4, -0.2) is 29.2 Å². The molecule has 1 fully saturated rings. The van der Waals surface area contributed by atoms with Crippen molar-refractivity contribution in [3.05, 3.63) is 64.7 Å². The molecule has 1 N–H and O–H groups in total. The zero-order chi connectivity index (χ0) is 19.9. The Hall–Kier alpha value is -3.15. The number of nitrogens with zero attached hydrogens (tertiary/aromatic N) is 1. The van der Waals surface area contributed by atoms with Gasteiger partial charge in [0, 0.05) is 11.1 Å². The Morgan fingerprint density at radius 2 is 2.00 bits per heavy atom. The number of carbonyl (C=O) groups excluding carboxylic acids is 3. The van der Waals surface area contributed by atoms with Gasteiger partial charge >= 0.3 is 6.03 Å². The highest BCUT2D eigenvalue weighted by atomic mass is 16.5. The predicted molar refractivity (Wildman–Crippen MR) is 103 cm³/mol. The molecule has 1 atom stereocenters. The van der Waals surface area contributed by atoms with Crippen molar-refractivity contribution in [2.24, 2.45) is 0 Å². The average molecular weight is 378 g/mol. The lowest BCUT2D eigenvalue weighted by atomic mass is 9.92. The summed E-state index contributed by atoms with van der Waals surface area (Å²) in [7, 11) is 0. The van der Waals surface area contributed by atoms with Gasteiger partial charge in [-0.05, 0) is 56.0 Å². The summed E-state index contributed by atoms with van der Waals surface area (Å²) in [4.78, 5) is 39.1. The van der Waals surface area contributed by atoms with Crippen molar-refractivity contribution < 1.29 is 19.1 Å². The smallest absolute Gasteiger partial charge is 0.325 e. The third kappa shape index (κ3) is 2.76. The van der Waals surface area contributed by atoms with Crippen LogP contribution < -0.4 is 10.1 Å². The lowest BCUT2D eigenvalue weighted by Gasteiger charge is -2.22. The fraction of sp³-hybridized carbons (Fsp3) is 0.318. The maximum atomic E-state index is 13.3. The van der Waals surface area contributed by atoms with Gasteiger partial charge in [0.1, 0.15) is 11.3 Å². The van der Waals surface area contributed by atoms with E-state index in [1.807, 2.05) is 31.2 Å². The van der Waals surface area contributed by atoms with E-state index in [2.05, 4.69) is 5.32 Å². The highest BCUT2D eigenvalue weighted by Crippen LogP contribution is 2.41. The first-order valence-electron chi connectivity index (χ1n) is 9.45. The number of aryl methyl sites for hydroxylation is 1. The number of imide groups is 1. The minimum absolute atomic E-state index is 0.0606. The zero-order valence-corrected chi connectivity index (χ0v) is 16.0. The second-order valence-electron chi connectivity index (χ2n) is 7.20. The van der Waals surface area contributed by atoms with Gasteiger partial charge in [-0.1, -0.05) is 24.3 Å². The number of amides is 3. The van der Waals surface area contributed by atoms with Gasteiger partial charge in [-0.15, -0.1) is 0 Å². The molecule has 0 saturated carbocycles. The van der Waals surface area contributed by atoms with Crippen LogP contribution in [-0.2, 0) is 23.3 Å². The summed E-state index contributed by atoms with van der Waals surface area (Å²) >= 11 is 0. The van der Waals surface area contributed by atoms with Crippen molar-refractivity contribution in [1.82, 2.24) is 10.2 Å². The first-order chi connectivity index (χ1) is 13.5. The Balaban J connectivity index is 1.68. The quantitative estimate of drug-likeness (QED) is 0.640. The molecule has 1 spiro atoms. The summed E-state index contributed by atoms with van der Waals surface area (Å²) in [6.07, 6.45) is 1.30. The van der Waals surface area contributed by atoms with Crippen LogP contribution in [0.2, 0.25) is 0 Å². The van der Waals surface area contributed by atoms with Gasteiger partial charge < -0.3 is 10.1 Å². The Labute approximate surface area is 163 Å². The topological polar surface area (TPSA) is 75.7 Å². The van der Waals surface area contributed by atoms with Crippen LogP contribution in [0.4, 0.5) is 4.79 Å². The molecular formula is C22H22N2O4. The van der Waals surface area contributed by atoms with E-state index >= 15 is 0 Å². The molecular weight excluding hydrogens is 356 g/mol. The van der Waals surface area contributed by atoms with Crippen molar-refractivity contribution in [2.75, 3.05) is 6.61 Å². The number of nitrogens with one attached hydrogen (secondary N) is 1. The molecule has 28 heavy (non-hydrogen) atoms. The molecule has 2 aliphatic rings. The van der Waals surface area contributed by atoms with Crippen LogP contribution in [0, 0.1) is 0 Å². The molecule has 3 amide bonds. The maximum absolute atomic E-state index is 13.3. The Morgan fingerprint density at radius 1 is 1.21 bits per heavy atom. The van der Waals surface area contributed by atoms with Crippen LogP contribution in [0.3, 0.4) is 0 Å². The number of ether oxygens (including phenoxy) is 1. The molecule has 6 heteroatoms. The standard InChI is InChI=1S/C22H22N2O4/c1-3-28-19-9-8-16(14(2)25)12-17(19)13-24-20(26)22(23-21(24)27)11-10-15-6-4-5-7-18(15)22/h4-9,12H,3,10-11,13H2,1-2H3,(H,23,27). The Morgan fingerprint density at radius 3 is 2.75 bits per heavy atom. The van der Waals surface area contributed by atoms with Crippen LogP contribution in [0.1, 0.15) is 47.3 Å². The second kappa shape index (κ2) is 6.78. The average Bonchev–Trinajstić information content (AvgIpc) is 3.16. The third-order valence-electron chi connectivity index (χ3n) is 5.52. The molecule has 0 aromatic heterocycles. The lowest BCUT2D eigenvalue weighted by Crippen LogP contribution is -2.41. The number of hydrogen-bond donors (Lipinski definition) is 1. The minimum Gasteiger partial charge on any atom is -0.494 e. The molecule has 144 valence electrons. The number of Topliss-reactive ketones (excluding diaryl/α,β-unsaturated/α-hetero) is 1. The number of carbonyl (C=O) groups is 3. The van der Waals surface area contributed by atoms with Gasteiger partial charge in [0.15, 0.2) is 5.78 Å². The molecule has 6 nitrogen and oxygen atoms in total. The molecule has 2 aromatic rings. The van der Waals surface area contributed by atoms with E-state index < -0.39 is 11.6 Å². The van der Waals surface area contributed by atoms with Gasteiger partial charge in [0.25, 0.3) is 5.91 Å². The number of hydrogen-bond acceptors (Lipinski definition) is 4. The van der Waals surface area contributed by atoms with Crippen LogP contribution >= 0.6 is 0 Å². The summed E-state index contributed by atoms with van der Waals surface area (Å²) in [6.45, 7) is 3.85. The first-order valence-corrected chi connectivity index (χ1v) is 9.45. The summed E-state index contributed by atoms with van der Waals surface area (Å²) in [5, 5.41) is 2.92.